The van der Waals surface area contributed by atoms with Crippen LogP contribution in [0.25, 0.3) is 0 Å². The van der Waals surface area contributed by atoms with Crippen LogP contribution in [-0.2, 0) is 0 Å². The van der Waals surface area contributed by atoms with E-state index in [1.807, 2.05) is 6.07 Å². The molecule has 2 aliphatic rings. The number of rotatable bonds is 3. The van der Waals surface area contributed by atoms with Gasteiger partial charge in [0.05, 0.1) is 0 Å². The van der Waals surface area contributed by atoms with Gasteiger partial charge in [-0.3, -0.25) is 0 Å². The second-order valence-electron chi connectivity index (χ2n) is 5.99. The van der Waals surface area contributed by atoms with E-state index in [9.17, 15) is 4.39 Å². The standard InChI is InChI=1S/C16H23FN2/c17-16-3-1-2-14(10-16)15-6-9-19(12-15)11-13-4-7-18-8-5-13/h1-3,10,13,15,18H,4-9,11-12H2. The Morgan fingerprint density at radius 3 is 2.84 bits per heavy atom. The van der Waals surface area contributed by atoms with Gasteiger partial charge in [0.15, 0.2) is 0 Å². The molecule has 2 saturated heterocycles. The Labute approximate surface area is 115 Å². The van der Waals surface area contributed by atoms with E-state index in [-0.39, 0.29) is 5.82 Å². The summed E-state index contributed by atoms with van der Waals surface area (Å²) >= 11 is 0. The van der Waals surface area contributed by atoms with E-state index in [1.165, 1.54) is 57.1 Å². The second-order valence-corrected chi connectivity index (χ2v) is 5.99. The average molecular weight is 262 g/mol. The summed E-state index contributed by atoms with van der Waals surface area (Å²) in [6, 6.07) is 7.14. The highest BCUT2D eigenvalue weighted by atomic mass is 19.1. The first-order valence-corrected chi connectivity index (χ1v) is 7.50. The van der Waals surface area contributed by atoms with E-state index in [2.05, 4.69) is 16.3 Å². The minimum Gasteiger partial charge on any atom is -0.317 e. The molecule has 1 aromatic carbocycles. The molecule has 0 spiro atoms. The molecule has 2 fully saturated rings. The fourth-order valence-corrected chi connectivity index (χ4v) is 3.46. The minimum absolute atomic E-state index is 0.102. The molecule has 0 aliphatic carbocycles. The molecule has 3 heteroatoms. The molecule has 1 aromatic rings. The molecule has 3 rings (SSSR count). The van der Waals surface area contributed by atoms with Gasteiger partial charge < -0.3 is 10.2 Å². The molecular weight excluding hydrogens is 239 g/mol. The number of benzene rings is 1. The molecule has 0 radical (unpaired) electrons. The highest BCUT2D eigenvalue weighted by molar-refractivity contribution is 5.22. The third-order valence-corrected chi connectivity index (χ3v) is 4.57. The van der Waals surface area contributed by atoms with E-state index in [0.29, 0.717) is 5.92 Å². The summed E-state index contributed by atoms with van der Waals surface area (Å²) in [4.78, 5) is 2.57. The Morgan fingerprint density at radius 1 is 1.21 bits per heavy atom. The molecule has 0 bridgehead atoms. The highest BCUT2D eigenvalue weighted by Gasteiger charge is 2.26. The largest absolute Gasteiger partial charge is 0.317 e. The molecule has 0 aromatic heterocycles. The molecule has 2 heterocycles. The van der Waals surface area contributed by atoms with Crippen LogP contribution in [0.3, 0.4) is 0 Å². The van der Waals surface area contributed by atoms with Crippen LogP contribution in [-0.4, -0.2) is 37.6 Å². The third-order valence-electron chi connectivity index (χ3n) is 4.57. The summed E-state index contributed by atoms with van der Waals surface area (Å²) in [6.07, 6.45) is 3.79. The van der Waals surface area contributed by atoms with Gasteiger partial charge in [-0.05, 0) is 68.4 Å². The molecule has 0 saturated carbocycles. The van der Waals surface area contributed by atoms with Gasteiger partial charge >= 0.3 is 0 Å². The lowest BCUT2D eigenvalue weighted by Gasteiger charge is -2.27. The summed E-state index contributed by atoms with van der Waals surface area (Å²) in [7, 11) is 0. The lowest BCUT2D eigenvalue weighted by atomic mass is 9.97. The number of hydrogen-bond donors (Lipinski definition) is 1. The summed E-state index contributed by atoms with van der Waals surface area (Å²) in [6.45, 7) is 5.85. The van der Waals surface area contributed by atoms with Crippen molar-refractivity contribution in [2.24, 2.45) is 5.92 Å². The lowest BCUT2D eigenvalue weighted by Crippen LogP contribution is -2.35. The first-order chi connectivity index (χ1) is 9.31. The number of likely N-dealkylation sites (tertiary alicyclic amines) is 1. The molecule has 1 N–H and O–H groups in total. The summed E-state index contributed by atoms with van der Waals surface area (Å²) in [5, 5.41) is 3.42. The van der Waals surface area contributed by atoms with Crippen LogP contribution in [0.2, 0.25) is 0 Å². The lowest BCUT2D eigenvalue weighted by molar-refractivity contribution is 0.239. The van der Waals surface area contributed by atoms with Crippen molar-refractivity contribution in [3.63, 3.8) is 0 Å². The number of nitrogens with zero attached hydrogens (tertiary/aromatic N) is 1. The molecule has 19 heavy (non-hydrogen) atoms. The van der Waals surface area contributed by atoms with Crippen molar-refractivity contribution < 1.29 is 4.39 Å². The van der Waals surface area contributed by atoms with Gasteiger partial charge in [0, 0.05) is 13.1 Å². The Morgan fingerprint density at radius 2 is 2.05 bits per heavy atom. The highest BCUT2D eigenvalue weighted by Crippen LogP contribution is 2.28. The van der Waals surface area contributed by atoms with Crippen LogP contribution in [0.1, 0.15) is 30.7 Å². The normalized spacial score (nSPS) is 25.8. The third kappa shape index (κ3) is 3.34. The Hall–Kier alpha value is -0.930. The van der Waals surface area contributed by atoms with Crippen LogP contribution in [0.5, 0.6) is 0 Å². The first-order valence-electron chi connectivity index (χ1n) is 7.50. The van der Waals surface area contributed by atoms with E-state index >= 15 is 0 Å². The molecule has 1 unspecified atom stereocenters. The molecule has 1 atom stereocenters. The van der Waals surface area contributed by atoms with E-state index in [1.54, 1.807) is 6.07 Å². The van der Waals surface area contributed by atoms with Gasteiger partial charge in [0.25, 0.3) is 0 Å². The van der Waals surface area contributed by atoms with Crippen molar-refractivity contribution in [3.8, 4) is 0 Å². The topological polar surface area (TPSA) is 15.3 Å². The second kappa shape index (κ2) is 6.02. The van der Waals surface area contributed by atoms with Crippen molar-refractivity contribution in [2.45, 2.75) is 25.2 Å². The summed E-state index contributed by atoms with van der Waals surface area (Å²) in [5.74, 6) is 1.28. The smallest absolute Gasteiger partial charge is 0.123 e. The van der Waals surface area contributed by atoms with Crippen molar-refractivity contribution in [3.05, 3.63) is 35.6 Å². The summed E-state index contributed by atoms with van der Waals surface area (Å²) < 4.78 is 13.3. The Bertz CT molecular complexity index is 415. The van der Waals surface area contributed by atoms with Crippen molar-refractivity contribution in [1.29, 1.82) is 0 Å². The van der Waals surface area contributed by atoms with Crippen LogP contribution < -0.4 is 5.32 Å². The van der Waals surface area contributed by atoms with Gasteiger partial charge in [-0.15, -0.1) is 0 Å². The fraction of sp³-hybridized carbons (Fsp3) is 0.625. The van der Waals surface area contributed by atoms with Gasteiger partial charge in [-0.2, -0.15) is 0 Å². The zero-order valence-corrected chi connectivity index (χ0v) is 11.4. The molecule has 0 amide bonds. The van der Waals surface area contributed by atoms with Crippen LogP contribution in [0, 0.1) is 11.7 Å². The Kier molecular flexibility index (Phi) is 4.14. The maximum atomic E-state index is 13.3. The van der Waals surface area contributed by atoms with Crippen molar-refractivity contribution in [2.75, 3.05) is 32.7 Å². The van der Waals surface area contributed by atoms with Crippen molar-refractivity contribution in [1.82, 2.24) is 10.2 Å². The minimum atomic E-state index is -0.102. The van der Waals surface area contributed by atoms with Gasteiger partial charge in [0.2, 0.25) is 0 Å². The van der Waals surface area contributed by atoms with Gasteiger partial charge in [0.1, 0.15) is 5.82 Å². The van der Waals surface area contributed by atoms with Gasteiger partial charge in [-0.25, -0.2) is 4.39 Å². The van der Waals surface area contributed by atoms with Crippen LogP contribution >= 0.6 is 0 Å². The average Bonchev–Trinajstić information content (AvgIpc) is 2.88. The van der Waals surface area contributed by atoms with E-state index in [4.69, 9.17) is 0 Å². The predicted molar refractivity (Wildman–Crippen MR) is 75.8 cm³/mol. The Balaban J connectivity index is 1.55. The molecule has 104 valence electrons. The quantitative estimate of drug-likeness (QED) is 0.901. The SMILES string of the molecule is Fc1cccc(C2CCN(CC3CCNCC3)C2)c1. The maximum Gasteiger partial charge on any atom is 0.123 e. The van der Waals surface area contributed by atoms with Gasteiger partial charge in [-0.1, -0.05) is 12.1 Å². The van der Waals surface area contributed by atoms with Crippen LogP contribution in [0.4, 0.5) is 4.39 Å². The number of nitrogens with one attached hydrogen (secondary N) is 1. The first kappa shape index (κ1) is 13.1. The number of hydrogen-bond acceptors (Lipinski definition) is 2. The summed E-state index contributed by atoms with van der Waals surface area (Å²) in [5.41, 5.74) is 1.17. The molecular formula is C16H23FN2. The zero-order chi connectivity index (χ0) is 13.1. The number of halogens is 1. The zero-order valence-electron chi connectivity index (χ0n) is 11.4. The molecule has 2 aliphatic heterocycles. The van der Waals surface area contributed by atoms with E-state index in [0.717, 1.165) is 12.5 Å². The van der Waals surface area contributed by atoms with E-state index < -0.39 is 0 Å². The van der Waals surface area contributed by atoms with Crippen molar-refractivity contribution >= 4 is 0 Å². The molecule has 2 nitrogen and oxygen atoms in total. The number of piperidine rings is 1. The fourth-order valence-electron chi connectivity index (χ4n) is 3.46. The van der Waals surface area contributed by atoms with Crippen LogP contribution in [0.15, 0.2) is 24.3 Å². The maximum absolute atomic E-state index is 13.3. The predicted octanol–water partition coefficient (Wildman–Crippen LogP) is 2.61. The monoisotopic (exact) mass is 262 g/mol.